The number of ether oxygens (including phenoxy) is 2. The standard InChI is InChI=1S/C20H19NO5/c1-3-25-14-8-9-15-16(11-19(22)26-18(15)10-14)20(23)21-12-13-6-4-5-7-17(13)24-2/h4-11H,3,12H2,1-2H3,(H,21,23). The second-order valence-electron chi connectivity index (χ2n) is 5.56. The van der Waals surface area contributed by atoms with Gasteiger partial charge in [-0.3, -0.25) is 4.79 Å². The molecular formula is C20H19NO5. The number of nitrogens with one attached hydrogen (secondary N) is 1. The molecule has 0 bridgehead atoms. The van der Waals surface area contributed by atoms with Gasteiger partial charge in [0.2, 0.25) is 0 Å². The Morgan fingerprint density at radius 1 is 1.15 bits per heavy atom. The van der Waals surface area contributed by atoms with Crippen molar-refractivity contribution in [3.63, 3.8) is 0 Å². The first-order chi connectivity index (χ1) is 12.6. The lowest BCUT2D eigenvalue weighted by atomic mass is 10.1. The molecule has 2 aromatic carbocycles. The van der Waals surface area contributed by atoms with Crippen LogP contribution in [0.5, 0.6) is 11.5 Å². The first-order valence-electron chi connectivity index (χ1n) is 8.23. The topological polar surface area (TPSA) is 77.8 Å². The van der Waals surface area contributed by atoms with Crippen LogP contribution in [0.15, 0.2) is 57.7 Å². The molecule has 0 saturated carbocycles. The Labute approximate surface area is 150 Å². The van der Waals surface area contributed by atoms with E-state index >= 15 is 0 Å². The van der Waals surface area contributed by atoms with Crippen LogP contribution in [0.1, 0.15) is 22.8 Å². The molecule has 0 saturated heterocycles. The molecule has 1 heterocycles. The highest BCUT2D eigenvalue weighted by atomic mass is 16.5. The highest BCUT2D eigenvalue weighted by Gasteiger charge is 2.14. The van der Waals surface area contributed by atoms with E-state index in [0.29, 0.717) is 29.1 Å². The molecule has 0 radical (unpaired) electrons. The van der Waals surface area contributed by atoms with Crippen molar-refractivity contribution in [2.75, 3.05) is 13.7 Å². The van der Waals surface area contributed by atoms with Crippen molar-refractivity contribution < 1.29 is 18.7 Å². The van der Waals surface area contributed by atoms with Crippen LogP contribution in [-0.2, 0) is 6.54 Å². The number of fused-ring (bicyclic) bond motifs is 1. The van der Waals surface area contributed by atoms with Crippen molar-refractivity contribution in [2.45, 2.75) is 13.5 Å². The maximum Gasteiger partial charge on any atom is 0.337 e. The van der Waals surface area contributed by atoms with Crippen molar-refractivity contribution in [3.8, 4) is 11.5 Å². The molecule has 0 spiro atoms. The lowest BCUT2D eigenvalue weighted by Crippen LogP contribution is -2.24. The zero-order chi connectivity index (χ0) is 18.5. The average molecular weight is 353 g/mol. The molecule has 0 atom stereocenters. The molecule has 0 aliphatic heterocycles. The summed E-state index contributed by atoms with van der Waals surface area (Å²) in [6.07, 6.45) is 0. The zero-order valence-corrected chi connectivity index (χ0v) is 14.6. The van der Waals surface area contributed by atoms with Gasteiger partial charge in [-0.05, 0) is 25.1 Å². The molecule has 3 rings (SSSR count). The second kappa shape index (κ2) is 7.74. The number of carbonyl (C=O) groups excluding carboxylic acids is 1. The number of rotatable bonds is 6. The second-order valence-corrected chi connectivity index (χ2v) is 5.56. The van der Waals surface area contributed by atoms with Gasteiger partial charge in [0.15, 0.2) is 0 Å². The van der Waals surface area contributed by atoms with Crippen LogP contribution in [0, 0.1) is 0 Å². The Morgan fingerprint density at radius 3 is 2.73 bits per heavy atom. The van der Waals surface area contributed by atoms with Crippen molar-refractivity contribution in [1.82, 2.24) is 5.32 Å². The van der Waals surface area contributed by atoms with E-state index in [0.717, 1.165) is 5.56 Å². The number of hydrogen-bond donors (Lipinski definition) is 1. The highest BCUT2D eigenvalue weighted by Crippen LogP contribution is 2.23. The summed E-state index contributed by atoms with van der Waals surface area (Å²) in [7, 11) is 1.58. The van der Waals surface area contributed by atoms with Crippen molar-refractivity contribution in [3.05, 3.63) is 70.1 Å². The Morgan fingerprint density at radius 2 is 1.96 bits per heavy atom. The van der Waals surface area contributed by atoms with E-state index in [2.05, 4.69) is 5.32 Å². The van der Waals surface area contributed by atoms with Crippen molar-refractivity contribution in [2.24, 2.45) is 0 Å². The molecule has 26 heavy (non-hydrogen) atoms. The van der Waals surface area contributed by atoms with E-state index < -0.39 is 5.63 Å². The Hall–Kier alpha value is -3.28. The smallest absolute Gasteiger partial charge is 0.337 e. The van der Waals surface area contributed by atoms with E-state index in [-0.39, 0.29) is 18.0 Å². The van der Waals surface area contributed by atoms with Gasteiger partial charge in [0.1, 0.15) is 17.1 Å². The molecule has 1 amide bonds. The summed E-state index contributed by atoms with van der Waals surface area (Å²) in [6, 6.07) is 13.7. The first-order valence-corrected chi connectivity index (χ1v) is 8.23. The lowest BCUT2D eigenvalue weighted by molar-refractivity contribution is 0.0951. The fourth-order valence-electron chi connectivity index (χ4n) is 2.71. The number of carbonyl (C=O) groups is 1. The number of amides is 1. The number of benzene rings is 2. The Kier molecular flexibility index (Phi) is 5.22. The molecule has 1 aromatic heterocycles. The summed E-state index contributed by atoms with van der Waals surface area (Å²) in [6.45, 7) is 2.64. The predicted molar refractivity (Wildman–Crippen MR) is 97.8 cm³/mol. The minimum atomic E-state index is -0.589. The quantitative estimate of drug-likeness (QED) is 0.689. The fourth-order valence-corrected chi connectivity index (χ4v) is 2.71. The molecule has 0 aliphatic carbocycles. The Bertz CT molecular complexity index is 993. The van der Waals surface area contributed by atoms with E-state index in [9.17, 15) is 9.59 Å². The van der Waals surface area contributed by atoms with Gasteiger partial charge in [0.05, 0.1) is 19.3 Å². The van der Waals surface area contributed by atoms with Gasteiger partial charge < -0.3 is 19.2 Å². The lowest BCUT2D eigenvalue weighted by Gasteiger charge is -2.11. The van der Waals surface area contributed by atoms with Gasteiger partial charge in [0, 0.05) is 29.6 Å². The summed E-state index contributed by atoms with van der Waals surface area (Å²) in [5, 5.41) is 3.37. The maximum atomic E-state index is 12.6. The van der Waals surface area contributed by atoms with Gasteiger partial charge in [-0.15, -0.1) is 0 Å². The maximum absolute atomic E-state index is 12.6. The van der Waals surface area contributed by atoms with Crippen LogP contribution in [0.3, 0.4) is 0 Å². The molecular weight excluding hydrogens is 334 g/mol. The molecule has 0 unspecified atom stereocenters. The number of methoxy groups -OCH3 is 1. The van der Waals surface area contributed by atoms with Crippen molar-refractivity contribution in [1.29, 1.82) is 0 Å². The molecule has 134 valence electrons. The third-order valence-electron chi connectivity index (χ3n) is 3.90. The van der Waals surface area contributed by atoms with E-state index in [1.54, 1.807) is 25.3 Å². The van der Waals surface area contributed by atoms with E-state index in [1.165, 1.54) is 6.07 Å². The Balaban J connectivity index is 1.89. The minimum Gasteiger partial charge on any atom is -0.496 e. The summed E-state index contributed by atoms with van der Waals surface area (Å²) in [5.41, 5.74) is 0.822. The average Bonchev–Trinajstić information content (AvgIpc) is 2.65. The van der Waals surface area contributed by atoms with Gasteiger partial charge >= 0.3 is 5.63 Å². The van der Waals surface area contributed by atoms with Crippen molar-refractivity contribution >= 4 is 16.9 Å². The molecule has 3 aromatic rings. The van der Waals surface area contributed by atoms with Crippen LogP contribution < -0.4 is 20.4 Å². The van der Waals surface area contributed by atoms with Gasteiger partial charge in [0.25, 0.3) is 5.91 Å². The number of hydrogen-bond acceptors (Lipinski definition) is 5. The molecule has 1 N–H and O–H groups in total. The number of para-hydroxylation sites is 1. The SMILES string of the molecule is CCOc1ccc2c(C(=O)NCc3ccccc3OC)cc(=O)oc2c1. The largest absolute Gasteiger partial charge is 0.496 e. The molecule has 0 aliphatic rings. The summed E-state index contributed by atoms with van der Waals surface area (Å²) in [5.74, 6) is 0.902. The third-order valence-corrected chi connectivity index (χ3v) is 3.90. The third kappa shape index (κ3) is 3.69. The normalized spacial score (nSPS) is 10.5. The van der Waals surface area contributed by atoms with Crippen LogP contribution >= 0.6 is 0 Å². The van der Waals surface area contributed by atoms with Crippen LogP contribution in [-0.4, -0.2) is 19.6 Å². The molecule has 6 heteroatoms. The molecule has 6 nitrogen and oxygen atoms in total. The van der Waals surface area contributed by atoms with Crippen LogP contribution in [0.2, 0.25) is 0 Å². The highest BCUT2D eigenvalue weighted by molar-refractivity contribution is 6.05. The monoisotopic (exact) mass is 353 g/mol. The summed E-state index contributed by atoms with van der Waals surface area (Å²) < 4.78 is 15.9. The summed E-state index contributed by atoms with van der Waals surface area (Å²) >= 11 is 0. The zero-order valence-electron chi connectivity index (χ0n) is 14.6. The minimum absolute atomic E-state index is 0.259. The van der Waals surface area contributed by atoms with E-state index in [4.69, 9.17) is 13.9 Å². The van der Waals surface area contributed by atoms with E-state index in [1.807, 2.05) is 31.2 Å². The predicted octanol–water partition coefficient (Wildman–Crippen LogP) is 3.13. The van der Waals surface area contributed by atoms with Gasteiger partial charge in [-0.2, -0.15) is 0 Å². The van der Waals surface area contributed by atoms with Gasteiger partial charge in [-0.1, -0.05) is 18.2 Å². The summed E-state index contributed by atoms with van der Waals surface area (Å²) in [4.78, 5) is 24.5. The fraction of sp³-hybridized carbons (Fsp3) is 0.200. The van der Waals surface area contributed by atoms with Crippen LogP contribution in [0.4, 0.5) is 0 Å². The van der Waals surface area contributed by atoms with Gasteiger partial charge in [-0.25, -0.2) is 4.79 Å². The van der Waals surface area contributed by atoms with Crippen LogP contribution in [0.25, 0.3) is 11.0 Å². The first kappa shape index (κ1) is 17.5. The molecule has 0 fully saturated rings.